The average molecular weight is 347 g/mol. The van der Waals surface area contributed by atoms with Crippen LogP contribution in [0.3, 0.4) is 0 Å². The number of hydrogen-bond acceptors (Lipinski definition) is 3. The van der Waals surface area contributed by atoms with E-state index in [9.17, 15) is 8.42 Å². The summed E-state index contributed by atoms with van der Waals surface area (Å²) in [6.45, 7) is 6.49. The Morgan fingerprint density at radius 2 is 1.67 bits per heavy atom. The zero-order chi connectivity index (χ0) is 17.3. The van der Waals surface area contributed by atoms with Gasteiger partial charge in [0.25, 0.3) is 0 Å². The first-order valence-corrected chi connectivity index (χ1v) is 10.1. The second-order valence-corrected chi connectivity index (χ2v) is 8.32. The van der Waals surface area contributed by atoms with Gasteiger partial charge in [-0.05, 0) is 45.7 Å². The van der Waals surface area contributed by atoms with Crippen LogP contribution in [-0.4, -0.2) is 31.4 Å². The minimum Gasteiger partial charge on any atom is -0.493 e. The maximum atomic E-state index is 13.4. The smallest absolute Gasteiger partial charge is 0.244 e. The number of fused-ring (bicyclic) bond motifs is 1. The van der Waals surface area contributed by atoms with Crippen molar-refractivity contribution in [2.45, 2.75) is 57.0 Å². The van der Waals surface area contributed by atoms with Gasteiger partial charge in [-0.15, -0.1) is 0 Å². The van der Waals surface area contributed by atoms with Crippen molar-refractivity contribution >= 4 is 20.8 Å². The van der Waals surface area contributed by atoms with Gasteiger partial charge in [0, 0.05) is 22.9 Å². The Bertz CT molecular complexity index is 822. The molecule has 0 aliphatic carbocycles. The van der Waals surface area contributed by atoms with Gasteiger partial charge >= 0.3 is 0 Å². The van der Waals surface area contributed by atoms with E-state index in [0.29, 0.717) is 11.5 Å². The highest BCUT2D eigenvalue weighted by Crippen LogP contribution is 2.36. The molecular formula is C19H25NO3S. The van der Waals surface area contributed by atoms with E-state index in [-0.39, 0.29) is 12.1 Å². The summed E-state index contributed by atoms with van der Waals surface area (Å²) in [5.41, 5.74) is 0. The highest BCUT2D eigenvalue weighted by Gasteiger charge is 2.36. The fraction of sp³-hybridized carbons (Fsp3) is 0.474. The number of sulfonamides is 1. The highest BCUT2D eigenvalue weighted by atomic mass is 32.2. The summed E-state index contributed by atoms with van der Waals surface area (Å²) in [5.74, 6) is 0.729. The van der Waals surface area contributed by atoms with Crippen LogP contribution in [0.1, 0.15) is 40.0 Å². The first kappa shape index (κ1) is 17.2. The van der Waals surface area contributed by atoms with Crippen LogP contribution in [0.4, 0.5) is 0 Å². The van der Waals surface area contributed by atoms with Crippen molar-refractivity contribution in [3.8, 4) is 5.75 Å². The Kier molecular flexibility index (Phi) is 4.83. The first-order chi connectivity index (χ1) is 11.5. The predicted octanol–water partition coefficient (Wildman–Crippen LogP) is 4.19. The normalized spacial score (nSPS) is 22.6. The summed E-state index contributed by atoms with van der Waals surface area (Å²) in [6, 6.07) is 11.1. The van der Waals surface area contributed by atoms with Gasteiger partial charge in [0.1, 0.15) is 5.75 Å². The molecule has 0 bridgehead atoms. The van der Waals surface area contributed by atoms with Crippen LogP contribution in [0.5, 0.6) is 5.75 Å². The second kappa shape index (κ2) is 6.73. The topological polar surface area (TPSA) is 46.6 Å². The Balaban J connectivity index is 2.16. The van der Waals surface area contributed by atoms with Gasteiger partial charge in [-0.3, -0.25) is 0 Å². The van der Waals surface area contributed by atoms with Crippen LogP contribution in [-0.2, 0) is 10.0 Å². The van der Waals surface area contributed by atoms with Crippen molar-refractivity contribution in [2.75, 3.05) is 6.61 Å². The van der Waals surface area contributed by atoms with E-state index in [1.54, 1.807) is 16.4 Å². The monoisotopic (exact) mass is 347 g/mol. The maximum absolute atomic E-state index is 13.4. The van der Waals surface area contributed by atoms with E-state index in [2.05, 4.69) is 0 Å². The molecule has 5 heteroatoms. The Labute approximate surface area is 144 Å². The molecule has 0 N–H and O–H groups in total. The fourth-order valence-corrected chi connectivity index (χ4v) is 5.82. The standard InChI is InChI=1S/C19H25NO3S/c1-4-23-18-12-13-19(17-11-6-5-10-16(17)18)24(21,22)20-14(2)8-7-9-15(20)3/h5-6,10-15H,4,7-9H2,1-3H3. The molecule has 4 nitrogen and oxygen atoms in total. The van der Waals surface area contributed by atoms with Crippen molar-refractivity contribution in [1.82, 2.24) is 4.31 Å². The number of nitrogens with zero attached hydrogens (tertiary/aromatic N) is 1. The lowest BCUT2D eigenvalue weighted by molar-refractivity contribution is 0.204. The molecule has 1 aliphatic rings. The molecule has 1 fully saturated rings. The van der Waals surface area contributed by atoms with Crippen LogP contribution < -0.4 is 4.74 Å². The third-order valence-electron chi connectivity index (χ3n) is 4.81. The number of rotatable bonds is 4. The summed E-state index contributed by atoms with van der Waals surface area (Å²) >= 11 is 0. The van der Waals surface area contributed by atoms with Gasteiger partial charge in [-0.2, -0.15) is 4.31 Å². The van der Waals surface area contributed by atoms with Crippen LogP contribution in [0.15, 0.2) is 41.3 Å². The quantitative estimate of drug-likeness (QED) is 0.833. The summed E-state index contributed by atoms with van der Waals surface area (Å²) in [6.07, 6.45) is 2.91. The zero-order valence-corrected chi connectivity index (χ0v) is 15.3. The molecule has 24 heavy (non-hydrogen) atoms. The molecule has 0 aromatic heterocycles. The highest BCUT2D eigenvalue weighted by molar-refractivity contribution is 7.89. The van der Waals surface area contributed by atoms with E-state index in [1.165, 1.54) is 0 Å². The van der Waals surface area contributed by atoms with Gasteiger partial charge in [-0.25, -0.2) is 8.42 Å². The van der Waals surface area contributed by atoms with E-state index < -0.39 is 10.0 Å². The summed E-state index contributed by atoms with van der Waals surface area (Å²) in [4.78, 5) is 0.377. The van der Waals surface area contributed by atoms with Crippen molar-refractivity contribution in [1.29, 1.82) is 0 Å². The minimum atomic E-state index is -3.54. The van der Waals surface area contributed by atoms with Gasteiger partial charge in [0.05, 0.1) is 11.5 Å². The summed E-state index contributed by atoms with van der Waals surface area (Å²) < 4.78 is 34.1. The minimum absolute atomic E-state index is 0.0316. The van der Waals surface area contributed by atoms with Gasteiger partial charge in [-0.1, -0.05) is 30.7 Å². The van der Waals surface area contributed by atoms with Crippen LogP contribution in [0.2, 0.25) is 0 Å². The zero-order valence-electron chi connectivity index (χ0n) is 14.5. The lowest BCUT2D eigenvalue weighted by Gasteiger charge is -2.38. The lowest BCUT2D eigenvalue weighted by atomic mass is 10.0. The Hall–Kier alpha value is -1.59. The van der Waals surface area contributed by atoms with Gasteiger partial charge in [0.2, 0.25) is 10.0 Å². The van der Waals surface area contributed by atoms with Crippen LogP contribution in [0, 0.1) is 0 Å². The largest absolute Gasteiger partial charge is 0.493 e. The Morgan fingerprint density at radius 3 is 2.29 bits per heavy atom. The molecule has 1 aliphatic heterocycles. The molecule has 130 valence electrons. The first-order valence-electron chi connectivity index (χ1n) is 8.65. The molecule has 1 heterocycles. The molecule has 0 spiro atoms. The van der Waals surface area contributed by atoms with E-state index in [4.69, 9.17) is 4.74 Å². The molecular weight excluding hydrogens is 322 g/mol. The molecule has 2 unspecified atom stereocenters. The van der Waals surface area contributed by atoms with Crippen molar-refractivity contribution in [3.63, 3.8) is 0 Å². The number of piperidine rings is 1. The van der Waals surface area contributed by atoms with Crippen molar-refractivity contribution in [3.05, 3.63) is 36.4 Å². The third kappa shape index (κ3) is 2.91. The van der Waals surface area contributed by atoms with Crippen molar-refractivity contribution in [2.24, 2.45) is 0 Å². The molecule has 2 aromatic rings. The average Bonchev–Trinajstić information content (AvgIpc) is 2.55. The number of hydrogen-bond donors (Lipinski definition) is 0. The van der Waals surface area contributed by atoms with Crippen molar-refractivity contribution < 1.29 is 13.2 Å². The second-order valence-electron chi connectivity index (χ2n) is 6.50. The molecule has 1 saturated heterocycles. The van der Waals surface area contributed by atoms with Crippen LogP contribution >= 0.6 is 0 Å². The molecule has 0 saturated carbocycles. The van der Waals surface area contributed by atoms with E-state index in [0.717, 1.165) is 35.8 Å². The summed E-state index contributed by atoms with van der Waals surface area (Å²) in [7, 11) is -3.54. The van der Waals surface area contributed by atoms with E-state index >= 15 is 0 Å². The molecule has 0 amide bonds. The number of ether oxygens (including phenoxy) is 1. The molecule has 2 atom stereocenters. The Morgan fingerprint density at radius 1 is 1.04 bits per heavy atom. The predicted molar refractivity (Wildman–Crippen MR) is 96.9 cm³/mol. The third-order valence-corrected chi connectivity index (χ3v) is 7.00. The van der Waals surface area contributed by atoms with Crippen LogP contribution in [0.25, 0.3) is 10.8 Å². The molecule has 2 aromatic carbocycles. The van der Waals surface area contributed by atoms with Gasteiger partial charge in [0.15, 0.2) is 0 Å². The lowest BCUT2D eigenvalue weighted by Crippen LogP contribution is -2.47. The van der Waals surface area contributed by atoms with E-state index in [1.807, 2.05) is 45.0 Å². The SMILES string of the molecule is CCOc1ccc(S(=O)(=O)N2C(C)CCCC2C)c2ccccc12. The van der Waals surface area contributed by atoms with Gasteiger partial charge < -0.3 is 4.74 Å². The molecule has 0 radical (unpaired) electrons. The fourth-order valence-electron chi connectivity index (χ4n) is 3.74. The molecule has 3 rings (SSSR count). The summed E-state index contributed by atoms with van der Waals surface area (Å²) in [5, 5.41) is 1.58. The maximum Gasteiger partial charge on any atom is 0.244 e. The number of benzene rings is 2.